The van der Waals surface area contributed by atoms with Crippen molar-refractivity contribution in [2.24, 2.45) is 0 Å². The number of hydrogen-bond acceptors (Lipinski definition) is 38. The molecule has 37 atom stereocenters. The van der Waals surface area contributed by atoms with Gasteiger partial charge in [0.15, 0.2) is 50.3 Å². The van der Waals surface area contributed by atoms with E-state index in [1.54, 1.807) is 0 Å². The van der Waals surface area contributed by atoms with Gasteiger partial charge in [0, 0.05) is 7.11 Å². The molecule has 8 aliphatic rings. The van der Waals surface area contributed by atoms with Crippen molar-refractivity contribution >= 4 is 0 Å². The second kappa shape index (κ2) is 29.6. The van der Waals surface area contributed by atoms with Gasteiger partial charge in [-0.15, -0.1) is 0 Å². The van der Waals surface area contributed by atoms with Crippen LogP contribution in [0.2, 0.25) is 0 Å². The Hall–Kier alpha value is -1.52. The Kier molecular flexibility index (Phi) is 24.1. The maximum Gasteiger partial charge on any atom is 0.187 e. The third kappa shape index (κ3) is 14.6. The van der Waals surface area contributed by atoms with E-state index in [0.717, 1.165) is 7.11 Å². The second-order valence-electron chi connectivity index (χ2n) is 21.4. The van der Waals surface area contributed by atoms with Gasteiger partial charge < -0.3 is 188 Å². The molecule has 0 aromatic rings. The van der Waals surface area contributed by atoms with E-state index in [2.05, 4.69) is 0 Å². The first-order valence-electron chi connectivity index (χ1n) is 26.8. The van der Waals surface area contributed by atoms with Crippen LogP contribution in [0.4, 0.5) is 0 Å². The average Bonchev–Trinajstić information content (AvgIpc) is 3.56. The monoisotopic (exact) mass is 1240 g/mol. The zero-order valence-electron chi connectivity index (χ0n) is 44.4. The van der Waals surface area contributed by atoms with Gasteiger partial charge in [-0.05, 0) is 0 Å². The highest BCUT2D eigenvalue weighted by Gasteiger charge is 2.57. The predicted octanol–water partition coefficient (Wildman–Crippen LogP) is -15.9. The Bertz CT molecular complexity index is 1990. The summed E-state index contributed by atoms with van der Waals surface area (Å²) in [7, 11) is 1.12. The molecule has 0 aromatic carbocycles. The third-order valence-electron chi connectivity index (χ3n) is 15.7. The molecule has 38 heteroatoms. The molecule has 0 aromatic heterocycles. The maximum atomic E-state index is 12.0. The fourth-order valence-corrected chi connectivity index (χ4v) is 10.6. The molecule has 37 unspecified atom stereocenters. The van der Waals surface area contributed by atoms with Gasteiger partial charge in [0.2, 0.25) is 0 Å². The molecule has 22 N–H and O–H groups in total. The van der Waals surface area contributed by atoms with Crippen molar-refractivity contribution in [1.29, 1.82) is 0 Å². The molecule has 0 bridgehead atoms. The van der Waals surface area contributed by atoms with Crippen LogP contribution >= 0.6 is 0 Å². The number of aliphatic hydroxyl groups is 22. The number of aliphatic hydroxyl groups excluding tert-OH is 22. The van der Waals surface area contributed by atoms with E-state index in [9.17, 15) is 112 Å². The van der Waals surface area contributed by atoms with E-state index in [1.807, 2.05) is 0 Å². The molecule has 0 amide bonds. The van der Waals surface area contributed by atoms with Crippen LogP contribution in [0.25, 0.3) is 0 Å². The lowest BCUT2D eigenvalue weighted by atomic mass is 9.95. The topological polar surface area (TPSA) is 593 Å². The third-order valence-corrected chi connectivity index (χ3v) is 15.7. The van der Waals surface area contributed by atoms with Crippen LogP contribution in [0.5, 0.6) is 0 Å². The van der Waals surface area contributed by atoms with E-state index in [4.69, 9.17) is 75.8 Å². The average molecular weight is 1240 g/mol. The minimum Gasteiger partial charge on any atom is -0.394 e. The lowest BCUT2D eigenvalue weighted by Crippen LogP contribution is -2.68. The van der Waals surface area contributed by atoms with Crippen LogP contribution in [0.1, 0.15) is 0 Å². The largest absolute Gasteiger partial charge is 0.394 e. The summed E-state index contributed by atoms with van der Waals surface area (Å²) < 4.78 is 90.9. The molecule has 0 saturated carbocycles. The summed E-state index contributed by atoms with van der Waals surface area (Å²) in [5.41, 5.74) is 0. The fraction of sp³-hybridized carbons (Fsp3) is 1.00. The molecular weight excluding hydrogens is 1160 g/mol. The van der Waals surface area contributed by atoms with Crippen molar-refractivity contribution in [1.82, 2.24) is 0 Å². The van der Waals surface area contributed by atoms with E-state index in [-0.39, 0.29) is 0 Å². The Labute approximate surface area is 474 Å². The van der Waals surface area contributed by atoms with Gasteiger partial charge in [-0.3, -0.25) is 0 Å². The van der Waals surface area contributed by atoms with E-state index >= 15 is 0 Å². The molecule has 8 fully saturated rings. The van der Waals surface area contributed by atoms with Crippen molar-refractivity contribution in [3.63, 3.8) is 0 Å². The molecule has 8 saturated heterocycles. The van der Waals surface area contributed by atoms with Crippen molar-refractivity contribution in [3.8, 4) is 0 Å². The van der Waals surface area contributed by atoms with Crippen LogP contribution < -0.4 is 0 Å². The summed E-state index contributed by atoms with van der Waals surface area (Å²) in [5, 5.41) is 236. The lowest BCUT2D eigenvalue weighted by Gasteiger charge is -2.49. The zero-order chi connectivity index (χ0) is 61.3. The van der Waals surface area contributed by atoms with E-state index in [1.165, 1.54) is 0 Å². The predicted molar refractivity (Wildman–Crippen MR) is 251 cm³/mol. The number of methoxy groups -OCH3 is 1. The molecular formula is C46H78O38. The smallest absolute Gasteiger partial charge is 0.187 e. The Morgan fingerprint density at radius 3 is 1.04 bits per heavy atom. The number of hydrogen-bond donors (Lipinski definition) is 22. The van der Waals surface area contributed by atoms with E-state index in [0.29, 0.717) is 0 Å². The van der Waals surface area contributed by atoms with Crippen LogP contribution in [0.15, 0.2) is 0 Å². The first-order chi connectivity index (χ1) is 39.8. The quantitative estimate of drug-likeness (QED) is 0.0538. The minimum atomic E-state index is -2.37. The van der Waals surface area contributed by atoms with Crippen molar-refractivity contribution < 1.29 is 188 Å². The lowest BCUT2D eigenvalue weighted by molar-refractivity contribution is -0.395. The summed E-state index contributed by atoms with van der Waals surface area (Å²) >= 11 is 0. The number of ether oxygens (including phenoxy) is 16. The van der Waals surface area contributed by atoms with E-state index < -0.39 is 280 Å². The molecule has 490 valence electrons. The summed E-state index contributed by atoms with van der Waals surface area (Å²) in [6.45, 7) is -6.14. The minimum absolute atomic E-state index is 0.477. The molecule has 84 heavy (non-hydrogen) atoms. The van der Waals surface area contributed by atoms with Crippen LogP contribution in [-0.4, -0.2) is 400 Å². The molecule has 38 nitrogen and oxygen atoms in total. The van der Waals surface area contributed by atoms with Gasteiger partial charge in [0.25, 0.3) is 0 Å². The normalized spacial score (nSPS) is 53.4. The van der Waals surface area contributed by atoms with Crippen LogP contribution in [0, 0.1) is 0 Å². The van der Waals surface area contributed by atoms with Crippen molar-refractivity contribution in [2.75, 3.05) is 60.0 Å². The molecule has 8 aliphatic heterocycles. The van der Waals surface area contributed by atoms with Crippen molar-refractivity contribution in [3.05, 3.63) is 0 Å². The van der Waals surface area contributed by atoms with Gasteiger partial charge in [0.1, 0.15) is 177 Å². The molecule has 8 heterocycles. The highest BCUT2D eigenvalue weighted by molar-refractivity contribution is 5.00. The number of rotatable bonds is 20. The second-order valence-corrected chi connectivity index (χ2v) is 21.4. The molecule has 0 radical (unpaired) electrons. The Morgan fingerprint density at radius 1 is 0.286 bits per heavy atom. The van der Waals surface area contributed by atoms with Gasteiger partial charge in [-0.1, -0.05) is 0 Å². The Balaban J connectivity index is 1.07. The highest BCUT2D eigenvalue weighted by atomic mass is 16.8. The highest BCUT2D eigenvalue weighted by Crippen LogP contribution is 2.37. The summed E-state index contributed by atoms with van der Waals surface area (Å²) in [4.78, 5) is 0. The summed E-state index contributed by atoms with van der Waals surface area (Å²) in [6, 6.07) is 0. The standard InChI is InChI=1S/C46H78O38/c1-69-34-15(7-73-40-28(62)18(52)10(49)4-70-40)78-43(31(65)24(34)58)82-37-17(9-75-46-38(20(54)12(51)6-72-46)84-42-30(64)22(56)21(55)13(2-47)77-42)80-45(33(67)26(37)60)83-36-16(8-74-41-29(63)19(53)11(50)5-71-41)79-44(32(66)25(36)59)81-35-14(3-48)76-39(68)27(61)23(35)57/h10-68H,2-9H2,1H3. The fourth-order valence-electron chi connectivity index (χ4n) is 10.6. The van der Waals surface area contributed by atoms with Crippen LogP contribution in [-0.2, 0) is 75.8 Å². The Morgan fingerprint density at radius 2 is 0.607 bits per heavy atom. The van der Waals surface area contributed by atoms with Crippen LogP contribution in [0.3, 0.4) is 0 Å². The van der Waals surface area contributed by atoms with Crippen molar-refractivity contribution in [2.45, 2.75) is 227 Å². The van der Waals surface area contributed by atoms with Gasteiger partial charge in [0.05, 0.1) is 52.9 Å². The molecule has 0 spiro atoms. The van der Waals surface area contributed by atoms with Gasteiger partial charge in [-0.2, -0.15) is 0 Å². The first-order valence-corrected chi connectivity index (χ1v) is 26.8. The maximum absolute atomic E-state index is 12.0. The summed E-state index contributed by atoms with van der Waals surface area (Å²) in [6.07, 6.45) is -70.6. The zero-order valence-corrected chi connectivity index (χ0v) is 44.4. The van der Waals surface area contributed by atoms with Gasteiger partial charge >= 0.3 is 0 Å². The molecule has 8 rings (SSSR count). The first kappa shape index (κ1) is 68.4. The summed E-state index contributed by atoms with van der Waals surface area (Å²) in [5.74, 6) is 0. The SMILES string of the molecule is COC1C(COC2OCC(O)C(O)C2O)OC(OC2C(COC3OCC(O)C(O)C3OC3OC(CO)C(O)C(O)C3O)OC(OC3C(COC4OCC(O)C(O)C4O)OC(OC4C(CO)OC(O)C(O)C4O)C(O)C3O)C(O)C2O)C(O)C1O. The molecule has 0 aliphatic carbocycles. The van der Waals surface area contributed by atoms with Gasteiger partial charge in [-0.25, -0.2) is 0 Å².